The molecule has 1 aromatic carbocycles. The fraction of sp³-hybridized carbons (Fsp3) is 0.267. The third-order valence-corrected chi connectivity index (χ3v) is 3.36. The summed E-state index contributed by atoms with van der Waals surface area (Å²) in [4.78, 5) is 4.16. The van der Waals surface area contributed by atoms with Gasteiger partial charge in [-0.25, -0.2) is 4.39 Å². The summed E-state index contributed by atoms with van der Waals surface area (Å²) in [7, 11) is 0. The highest BCUT2D eigenvalue weighted by Crippen LogP contribution is 2.26. The summed E-state index contributed by atoms with van der Waals surface area (Å²) in [6.45, 7) is 4.72. The minimum absolute atomic E-state index is 0.185. The van der Waals surface area contributed by atoms with Crippen LogP contribution in [-0.4, -0.2) is 11.5 Å². The first-order valence-electron chi connectivity index (χ1n) is 6.21. The van der Waals surface area contributed by atoms with Gasteiger partial charge in [-0.3, -0.25) is 4.98 Å². The fourth-order valence-corrected chi connectivity index (χ4v) is 2.46. The standard InChI is InChI=1S/C15H16BrFN2/c1-3-19-15(11-7-12(16)9-18-8-11)13-6-10(2)4-5-14(13)17/h4-9,15,19H,3H2,1-2H3. The van der Waals surface area contributed by atoms with Crippen molar-refractivity contribution < 1.29 is 4.39 Å². The molecule has 2 aromatic rings. The highest BCUT2D eigenvalue weighted by Gasteiger charge is 2.17. The van der Waals surface area contributed by atoms with Crippen LogP contribution in [0.2, 0.25) is 0 Å². The van der Waals surface area contributed by atoms with E-state index in [2.05, 4.69) is 26.2 Å². The number of benzene rings is 1. The van der Waals surface area contributed by atoms with E-state index in [4.69, 9.17) is 0 Å². The fourth-order valence-electron chi connectivity index (χ4n) is 2.08. The predicted octanol–water partition coefficient (Wildman–Crippen LogP) is 3.99. The largest absolute Gasteiger partial charge is 0.306 e. The zero-order chi connectivity index (χ0) is 13.8. The van der Waals surface area contributed by atoms with Crippen LogP contribution in [0.15, 0.2) is 41.1 Å². The van der Waals surface area contributed by atoms with Gasteiger partial charge < -0.3 is 5.32 Å². The molecule has 2 nitrogen and oxygen atoms in total. The maximum atomic E-state index is 14.1. The Kier molecular flexibility index (Phi) is 4.66. The molecule has 100 valence electrons. The van der Waals surface area contributed by atoms with Crippen molar-refractivity contribution in [1.29, 1.82) is 0 Å². The van der Waals surface area contributed by atoms with Crippen LogP contribution in [-0.2, 0) is 0 Å². The van der Waals surface area contributed by atoms with Crippen LogP contribution in [0.3, 0.4) is 0 Å². The molecule has 0 aliphatic heterocycles. The molecule has 0 radical (unpaired) electrons. The molecule has 2 rings (SSSR count). The van der Waals surface area contributed by atoms with Gasteiger partial charge in [0, 0.05) is 22.4 Å². The van der Waals surface area contributed by atoms with E-state index in [1.165, 1.54) is 6.07 Å². The Labute approximate surface area is 121 Å². The van der Waals surface area contributed by atoms with Crippen molar-refractivity contribution in [2.75, 3.05) is 6.54 Å². The lowest BCUT2D eigenvalue weighted by Gasteiger charge is -2.20. The summed E-state index contributed by atoms with van der Waals surface area (Å²) in [5.74, 6) is -0.198. The second kappa shape index (κ2) is 6.26. The van der Waals surface area contributed by atoms with E-state index in [9.17, 15) is 4.39 Å². The molecule has 0 saturated carbocycles. The first-order valence-corrected chi connectivity index (χ1v) is 7.01. The Balaban J connectivity index is 2.48. The molecule has 0 saturated heterocycles. The molecular formula is C15H16BrFN2. The summed E-state index contributed by atoms with van der Waals surface area (Å²) >= 11 is 3.40. The van der Waals surface area contributed by atoms with Crippen molar-refractivity contribution in [2.24, 2.45) is 0 Å². The molecular weight excluding hydrogens is 307 g/mol. The Morgan fingerprint density at radius 1 is 1.32 bits per heavy atom. The van der Waals surface area contributed by atoms with Crippen LogP contribution in [0.1, 0.15) is 29.7 Å². The van der Waals surface area contributed by atoms with Crippen LogP contribution in [0.4, 0.5) is 4.39 Å². The molecule has 0 spiro atoms. The number of nitrogens with zero attached hydrogens (tertiary/aromatic N) is 1. The van der Waals surface area contributed by atoms with Crippen molar-refractivity contribution in [3.05, 3.63) is 63.6 Å². The number of aryl methyl sites for hydroxylation is 1. The monoisotopic (exact) mass is 322 g/mol. The quantitative estimate of drug-likeness (QED) is 0.920. The van der Waals surface area contributed by atoms with Gasteiger partial charge in [-0.2, -0.15) is 0 Å². The van der Waals surface area contributed by atoms with Crippen molar-refractivity contribution in [1.82, 2.24) is 10.3 Å². The molecule has 0 aliphatic carbocycles. The average molecular weight is 323 g/mol. The lowest BCUT2D eigenvalue weighted by atomic mass is 9.98. The van der Waals surface area contributed by atoms with E-state index in [1.807, 2.05) is 26.0 Å². The third kappa shape index (κ3) is 3.39. The van der Waals surface area contributed by atoms with E-state index < -0.39 is 0 Å². The molecule has 1 heterocycles. The van der Waals surface area contributed by atoms with Gasteiger partial charge in [-0.15, -0.1) is 0 Å². The summed E-state index contributed by atoms with van der Waals surface area (Å²) in [5.41, 5.74) is 2.64. The second-order valence-electron chi connectivity index (χ2n) is 4.45. The van der Waals surface area contributed by atoms with Crippen LogP contribution >= 0.6 is 15.9 Å². The van der Waals surface area contributed by atoms with Crippen LogP contribution in [0.25, 0.3) is 0 Å². The summed E-state index contributed by atoms with van der Waals surface area (Å²) in [6.07, 6.45) is 3.49. The van der Waals surface area contributed by atoms with Gasteiger partial charge in [0.2, 0.25) is 0 Å². The number of hydrogen-bond donors (Lipinski definition) is 1. The maximum Gasteiger partial charge on any atom is 0.128 e. The van der Waals surface area contributed by atoms with Crippen molar-refractivity contribution in [3.8, 4) is 0 Å². The number of nitrogens with one attached hydrogen (secondary N) is 1. The minimum atomic E-state index is -0.198. The number of rotatable bonds is 4. The number of hydrogen-bond acceptors (Lipinski definition) is 2. The van der Waals surface area contributed by atoms with Gasteiger partial charge in [-0.1, -0.05) is 24.6 Å². The van der Waals surface area contributed by atoms with Gasteiger partial charge in [0.1, 0.15) is 5.82 Å². The molecule has 19 heavy (non-hydrogen) atoms. The smallest absolute Gasteiger partial charge is 0.128 e. The number of halogens is 2. The topological polar surface area (TPSA) is 24.9 Å². The number of aromatic nitrogens is 1. The van der Waals surface area contributed by atoms with E-state index in [0.717, 1.165) is 22.1 Å². The molecule has 0 amide bonds. The highest BCUT2D eigenvalue weighted by molar-refractivity contribution is 9.10. The summed E-state index contributed by atoms with van der Waals surface area (Å²) in [5, 5.41) is 3.31. The molecule has 1 unspecified atom stereocenters. The number of pyridine rings is 1. The van der Waals surface area contributed by atoms with Gasteiger partial charge in [0.05, 0.1) is 6.04 Å². The summed E-state index contributed by atoms with van der Waals surface area (Å²) < 4.78 is 14.9. The van der Waals surface area contributed by atoms with Gasteiger partial charge in [0.15, 0.2) is 0 Å². The molecule has 0 aliphatic rings. The Morgan fingerprint density at radius 3 is 2.79 bits per heavy atom. The van der Waals surface area contributed by atoms with Crippen molar-refractivity contribution in [2.45, 2.75) is 19.9 Å². The van der Waals surface area contributed by atoms with E-state index in [-0.39, 0.29) is 11.9 Å². The molecule has 1 aromatic heterocycles. The lowest BCUT2D eigenvalue weighted by Crippen LogP contribution is -2.23. The van der Waals surface area contributed by atoms with E-state index >= 15 is 0 Å². The predicted molar refractivity (Wildman–Crippen MR) is 78.6 cm³/mol. The zero-order valence-electron chi connectivity index (χ0n) is 11.0. The van der Waals surface area contributed by atoms with Crippen LogP contribution < -0.4 is 5.32 Å². The lowest BCUT2D eigenvalue weighted by molar-refractivity contribution is 0.557. The Morgan fingerprint density at radius 2 is 2.11 bits per heavy atom. The molecule has 0 bridgehead atoms. The average Bonchev–Trinajstić information content (AvgIpc) is 2.39. The molecule has 1 N–H and O–H groups in total. The van der Waals surface area contributed by atoms with Gasteiger partial charge in [-0.05, 0) is 47.1 Å². The SMILES string of the molecule is CCNC(c1cncc(Br)c1)c1cc(C)ccc1F. The van der Waals surface area contributed by atoms with E-state index in [1.54, 1.807) is 18.5 Å². The Bertz CT molecular complexity index is 572. The molecule has 0 fully saturated rings. The van der Waals surface area contributed by atoms with Gasteiger partial charge in [0.25, 0.3) is 0 Å². The van der Waals surface area contributed by atoms with Crippen LogP contribution in [0, 0.1) is 12.7 Å². The van der Waals surface area contributed by atoms with Crippen molar-refractivity contribution >= 4 is 15.9 Å². The van der Waals surface area contributed by atoms with E-state index in [0.29, 0.717) is 5.56 Å². The van der Waals surface area contributed by atoms with Crippen LogP contribution in [0.5, 0.6) is 0 Å². The normalized spacial score (nSPS) is 12.4. The molecule has 1 atom stereocenters. The minimum Gasteiger partial charge on any atom is -0.306 e. The maximum absolute atomic E-state index is 14.1. The van der Waals surface area contributed by atoms with Gasteiger partial charge >= 0.3 is 0 Å². The molecule has 4 heteroatoms. The third-order valence-electron chi connectivity index (χ3n) is 2.93. The first-order chi connectivity index (χ1) is 9.11. The summed E-state index contributed by atoms with van der Waals surface area (Å²) in [6, 6.07) is 6.95. The first kappa shape index (κ1) is 14.2. The highest BCUT2D eigenvalue weighted by atomic mass is 79.9. The Hall–Kier alpha value is -1.26. The van der Waals surface area contributed by atoms with Crippen molar-refractivity contribution in [3.63, 3.8) is 0 Å². The second-order valence-corrected chi connectivity index (χ2v) is 5.37. The zero-order valence-corrected chi connectivity index (χ0v) is 12.5.